The van der Waals surface area contributed by atoms with Gasteiger partial charge < -0.3 is 10.5 Å². The van der Waals surface area contributed by atoms with E-state index in [4.69, 9.17) is 10.5 Å². The number of nitrogens with zero attached hydrogens (tertiary/aromatic N) is 1. The van der Waals surface area contributed by atoms with E-state index in [1.54, 1.807) is 7.11 Å². The van der Waals surface area contributed by atoms with Crippen molar-refractivity contribution in [1.29, 1.82) is 0 Å². The lowest BCUT2D eigenvalue weighted by Gasteiger charge is -2.40. The van der Waals surface area contributed by atoms with Gasteiger partial charge >= 0.3 is 0 Å². The van der Waals surface area contributed by atoms with Crippen LogP contribution in [-0.2, 0) is 6.42 Å². The van der Waals surface area contributed by atoms with Crippen LogP contribution in [0.15, 0.2) is 24.3 Å². The van der Waals surface area contributed by atoms with E-state index >= 15 is 0 Å². The average molecular weight is 290 g/mol. The molecule has 2 N–H and O–H groups in total. The highest BCUT2D eigenvalue weighted by Gasteiger charge is 2.30. The first kappa shape index (κ1) is 16.3. The van der Waals surface area contributed by atoms with Crippen LogP contribution in [-0.4, -0.2) is 37.2 Å². The fraction of sp³-hybridized carbons (Fsp3) is 0.667. The predicted octanol–water partition coefficient (Wildman–Crippen LogP) is 3.22. The number of rotatable bonds is 6. The third-order valence-corrected chi connectivity index (χ3v) is 4.92. The SMILES string of the molecule is COc1ccc(CCC(C)(CN)N2CCCCCC2)cc1. The zero-order chi connectivity index (χ0) is 15.1. The maximum Gasteiger partial charge on any atom is 0.118 e. The number of hydrogen-bond acceptors (Lipinski definition) is 3. The van der Waals surface area contributed by atoms with Crippen LogP contribution in [0.5, 0.6) is 5.75 Å². The predicted molar refractivity (Wildman–Crippen MR) is 88.8 cm³/mol. The van der Waals surface area contributed by atoms with Crippen LogP contribution in [0.4, 0.5) is 0 Å². The minimum atomic E-state index is 0.129. The molecule has 0 bridgehead atoms. The summed E-state index contributed by atoms with van der Waals surface area (Å²) >= 11 is 0. The molecule has 1 aromatic rings. The van der Waals surface area contributed by atoms with E-state index in [1.807, 2.05) is 12.1 Å². The Kier molecular flexibility index (Phi) is 6.07. The molecular weight excluding hydrogens is 260 g/mol. The monoisotopic (exact) mass is 290 g/mol. The first-order valence-electron chi connectivity index (χ1n) is 8.26. The lowest BCUT2D eigenvalue weighted by Crippen LogP contribution is -2.52. The van der Waals surface area contributed by atoms with Crippen molar-refractivity contribution in [3.8, 4) is 5.75 Å². The molecule has 21 heavy (non-hydrogen) atoms. The van der Waals surface area contributed by atoms with Crippen LogP contribution in [0.1, 0.15) is 44.6 Å². The Labute approximate surface area is 129 Å². The number of ether oxygens (including phenoxy) is 1. The zero-order valence-electron chi connectivity index (χ0n) is 13.6. The van der Waals surface area contributed by atoms with Crippen molar-refractivity contribution in [2.75, 3.05) is 26.7 Å². The second-order valence-corrected chi connectivity index (χ2v) is 6.45. The molecule has 0 radical (unpaired) electrons. The van der Waals surface area contributed by atoms with Crippen LogP contribution in [0.2, 0.25) is 0 Å². The molecule has 0 aliphatic carbocycles. The first-order chi connectivity index (χ1) is 10.2. The molecule has 3 heteroatoms. The van der Waals surface area contributed by atoms with Gasteiger partial charge in [0.2, 0.25) is 0 Å². The summed E-state index contributed by atoms with van der Waals surface area (Å²) in [6.45, 7) is 5.48. The highest BCUT2D eigenvalue weighted by atomic mass is 16.5. The third-order valence-electron chi connectivity index (χ3n) is 4.92. The van der Waals surface area contributed by atoms with Crippen molar-refractivity contribution in [3.05, 3.63) is 29.8 Å². The average Bonchev–Trinajstić information content (AvgIpc) is 2.83. The minimum absolute atomic E-state index is 0.129. The summed E-state index contributed by atoms with van der Waals surface area (Å²) in [6.07, 6.45) is 7.57. The Morgan fingerprint density at radius 1 is 1.10 bits per heavy atom. The van der Waals surface area contributed by atoms with E-state index in [0.717, 1.165) is 25.1 Å². The Morgan fingerprint density at radius 2 is 1.71 bits per heavy atom. The summed E-state index contributed by atoms with van der Waals surface area (Å²) in [4.78, 5) is 2.63. The summed E-state index contributed by atoms with van der Waals surface area (Å²) in [5.41, 5.74) is 7.63. The number of nitrogens with two attached hydrogens (primary N) is 1. The van der Waals surface area contributed by atoms with E-state index < -0.39 is 0 Å². The van der Waals surface area contributed by atoms with Gasteiger partial charge in [0, 0.05) is 12.1 Å². The second-order valence-electron chi connectivity index (χ2n) is 6.45. The molecule has 0 aromatic heterocycles. The van der Waals surface area contributed by atoms with Gasteiger partial charge in [0.15, 0.2) is 0 Å². The summed E-state index contributed by atoms with van der Waals surface area (Å²) in [5.74, 6) is 0.924. The van der Waals surface area contributed by atoms with Crippen molar-refractivity contribution in [2.24, 2.45) is 5.73 Å². The van der Waals surface area contributed by atoms with Crippen molar-refractivity contribution >= 4 is 0 Å². The largest absolute Gasteiger partial charge is 0.497 e. The van der Waals surface area contributed by atoms with E-state index in [9.17, 15) is 0 Å². The lowest BCUT2D eigenvalue weighted by atomic mass is 9.91. The molecule has 1 heterocycles. The molecule has 1 unspecified atom stereocenters. The molecule has 3 nitrogen and oxygen atoms in total. The number of hydrogen-bond donors (Lipinski definition) is 1. The van der Waals surface area contributed by atoms with Gasteiger partial charge in [-0.15, -0.1) is 0 Å². The van der Waals surface area contributed by atoms with Crippen LogP contribution in [0, 0.1) is 0 Å². The minimum Gasteiger partial charge on any atom is -0.497 e. The topological polar surface area (TPSA) is 38.5 Å². The van der Waals surface area contributed by atoms with Crippen molar-refractivity contribution in [1.82, 2.24) is 4.90 Å². The van der Waals surface area contributed by atoms with Gasteiger partial charge in [-0.2, -0.15) is 0 Å². The van der Waals surface area contributed by atoms with Gasteiger partial charge in [-0.1, -0.05) is 25.0 Å². The van der Waals surface area contributed by atoms with Crippen molar-refractivity contribution in [3.63, 3.8) is 0 Å². The molecule has 0 spiro atoms. The van der Waals surface area contributed by atoms with Crippen molar-refractivity contribution < 1.29 is 4.74 Å². The normalized spacial score (nSPS) is 19.8. The maximum atomic E-state index is 6.14. The molecule has 1 aromatic carbocycles. The molecule has 1 aliphatic rings. The number of benzene rings is 1. The van der Waals surface area contributed by atoms with E-state index in [2.05, 4.69) is 24.0 Å². The molecule has 0 saturated carbocycles. The Hall–Kier alpha value is -1.06. The van der Waals surface area contributed by atoms with Gasteiger partial charge in [0.1, 0.15) is 5.75 Å². The smallest absolute Gasteiger partial charge is 0.118 e. The van der Waals surface area contributed by atoms with Gasteiger partial charge in [0.05, 0.1) is 7.11 Å². The van der Waals surface area contributed by atoms with Crippen LogP contribution < -0.4 is 10.5 Å². The standard InChI is InChI=1S/C18H30N2O/c1-18(15-19,20-13-5-3-4-6-14-20)12-11-16-7-9-17(21-2)10-8-16/h7-10H,3-6,11-15,19H2,1-2H3. The van der Waals surface area contributed by atoms with Crippen LogP contribution in [0.25, 0.3) is 0 Å². The molecule has 0 amide bonds. The molecule has 1 atom stereocenters. The summed E-state index contributed by atoms with van der Waals surface area (Å²) < 4.78 is 5.22. The van der Waals surface area contributed by atoms with Crippen molar-refractivity contribution in [2.45, 2.75) is 51.0 Å². The second kappa shape index (κ2) is 7.81. The molecular formula is C18H30N2O. The molecule has 118 valence electrons. The van der Waals surface area contributed by atoms with E-state index in [1.165, 1.54) is 44.3 Å². The van der Waals surface area contributed by atoms with Gasteiger partial charge in [-0.25, -0.2) is 0 Å². The first-order valence-corrected chi connectivity index (χ1v) is 8.26. The number of aryl methyl sites for hydroxylation is 1. The Balaban J connectivity index is 1.96. The fourth-order valence-electron chi connectivity index (χ4n) is 3.21. The van der Waals surface area contributed by atoms with Gasteiger partial charge in [-0.3, -0.25) is 4.90 Å². The van der Waals surface area contributed by atoms with E-state index in [0.29, 0.717) is 0 Å². The quantitative estimate of drug-likeness (QED) is 0.874. The molecule has 1 aliphatic heterocycles. The Morgan fingerprint density at radius 3 is 2.24 bits per heavy atom. The highest BCUT2D eigenvalue weighted by molar-refractivity contribution is 5.27. The zero-order valence-corrected chi connectivity index (χ0v) is 13.6. The number of likely N-dealkylation sites (tertiary alicyclic amines) is 1. The molecule has 1 fully saturated rings. The lowest BCUT2D eigenvalue weighted by molar-refractivity contribution is 0.106. The Bertz CT molecular complexity index is 410. The van der Waals surface area contributed by atoms with Crippen LogP contribution in [0.3, 0.4) is 0 Å². The van der Waals surface area contributed by atoms with Crippen LogP contribution >= 0.6 is 0 Å². The highest BCUT2D eigenvalue weighted by Crippen LogP contribution is 2.25. The van der Waals surface area contributed by atoms with Gasteiger partial charge in [-0.05, 0) is 63.4 Å². The summed E-state index contributed by atoms with van der Waals surface area (Å²) in [5, 5.41) is 0. The molecule has 2 rings (SSSR count). The summed E-state index contributed by atoms with van der Waals surface area (Å²) in [7, 11) is 1.71. The number of methoxy groups -OCH3 is 1. The van der Waals surface area contributed by atoms with E-state index in [-0.39, 0.29) is 5.54 Å². The molecule has 1 saturated heterocycles. The third kappa shape index (κ3) is 4.45. The summed E-state index contributed by atoms with van der Waals surface area (Å²) in [6, 6.07) is 8.42. The fourth-order valence-corrected chi connectivity index (χ4v) is 3.21. The maximum absolute atomic E-state index is 6.14. The van der Waals surface area contributed by atoms with Gasteiger partial charge in [0.25, 0.3) is 0 Å².